The number of hydrogen-bond acceptors (Lipinski definition) is 6. The zero-order valence-electron chi connectivity index (χ0n) is 15.5. The maximum atomic E-state index is 12.8. The number of aromatic nitrogens is 3. The lowest BCUT2D eigenvalue weighted by atomic mass is 10.2. The minimum absolute atomic E-state index is 0.160. The molecule has 1 aliphatic heterocycles. The molecule has 0 saturated carbocycles. The Labute approximate surface area is 158 Å². The normalized spacial score (nSPS) is 14.1. The molecule has 142 valence electrons. The number of anilines is 1. The van der Waals surface area contributed by atoms with Crippen molar-refractivity contribution in [1.82, 2.24) is 25.2 Å². The molecule has 1 N–H and O–H groups in total. The molecule has 8 heteroatoms. The zero-order valence-corrected chi connectivity index (χ0v) is 15.5. The van der Waals surface area contributed by atoms with Gasteiger partial charge in [0.25, 0.3) is 11.8 Å². The molecule has 2 aromatic rings. The van der Waals surface area contributed by atoms with Gasteiger partial charge in [0.15, 0.2) is 0 Å². The first-order valence-corrected chi connectivity index (χ1v) is 9.24. The second-order valence-electron chi connectivity index (χ2n) is 6.37. The fourth-order valence-electron chi connectivity index (χ4n) is 2.90. The Balaban J connectivity index is 1.60. The van der Waals surface area contributed by atoms with Gasteiger partial charge in [-0.1, -0.05) is 13.3 Å². The van der Waals surface area contributed by atoms with E-state index in [4.69, 9.17) is 0 Å². The molecule has 3 heterocycles. The quantitative estimate of drug-likeness (QED) is 0.774. The molecule has 27 heavy (non-hydrogen) atoms. The summed E-state index contributed by atoms with van der Waals surface area (Å²) in [5.74, 6) is 0.339. The van der Waals surface area contributed by atoms with Crippen LogP contribution in [0.4, 0.5) is 5.95 Å². The Morgan fingerprint density at radius 3 is 2.52 bits per heavy atom. The summed E-state index contributed by atoms with van der Waals surface area (Å²) >= 11 is 0. The summed E-state index contributed by atoms with van der Waals surface area (Å²) in [7, 11) is 0. The van der Waals surface area contributed by atoms with Crippen LogP contribution >= 0.6 is 0 Å². The molecule has 3 rings (SSSR count). The van der Waals surface area contributed by atoms with Crippen LogP contribution in [-0.4, -0.2) is 64.4 Å². The lowest BCUT2D eigenvalue weighted by Crippen LogP contribution is -2.49. The maximum Gasteiger partial charge on any atom is 0.272 e. The smallest absolute Gasteiger partial charge is 0.272 e. The number of pyridine rings is 1. The van der Waals surface area contributed by atoms with Crippen LogP contribution in [0.1, 0.15) is 40.6 Å². The minimum Gasteiger partial charge on any atom is -0.352 e. The number of carbonyl (C=O) groups is 2. The van der Waals surface area contributed by atoms with E-state index in [2.05, 4.69) is 32.1 Å². The molecule has 0 radical (unpaired) electrons. The first-order valence-electron chi connectivity index (χ1n) is 9.24. The SMILES string of the molecule is CCCCNC(=O)c1ccnc(C(=O)N2CCN(c3ncccn3)CC2)c1. The van der Waals surface area contributed by atoms with Crippen molar-refractivity contribution in [2.75, 3.05) is 37.6 Å². The number of nitrogens with zero attached hydrogens (tertiary/aromatic N) is 5. The van der Waals surface area contributed by atoms with Crippen LogP contribution in [0.3, 0.4) is 0 Å². The van der Waals surface area contributed by atoms with Gasteiger partial charge in [0, 0.05) is 56.9 Å². The molecular formula is C19H24N6O2. The molecule has 0 atom stereocenters. The Hall–Kier alpha value is -3.03. The Morgan fingerprint density at radius 2 is 1.81 bits per heavy atom. The lowest BCUT2D eigenvalue weighted by Gasteiger charge is -2.34. The van der Waals surface area contributed by atoms with Gasteiger partial charge in [-0.2, -0.15) is 0 Å². The van der Waals surface area contributed by atoms with Crippen molar-refractivity contribution in [2.24, 2.45) is 0 Å². The summed E-state index contributed by atoms with van der Waals surface area (Å²) < 4.78 is 0. The Kier molecular flexibility index (Phi) is 6.30. The number of nitrogens with one attached hydrogen (secondary N) is 1. The molecule has 0 unspecified atom stereocenters. The van der Waals surface area contributed by atoms with Gasteiger partial charge in [0.2, 0.25) is 5.95 Å². The molecule has 2 amide bonds. The summed E-state index contributed by atoms with van der Waals surface area (Å²) in [4.78, 5) is 41.4. The van der Waals surface area contributed by atoms with Gasteiger partial charge in [0.05, 0.1) is 0 Å². The highest BCUT2D eigenvalue weighted by atomic mass is 16.2. The number of hydrogen-bond donors (Lipinski definition) is 1. The molecule has 1 fully saturated rings. The first-order chi connectivity index (χ1) is 13.2. The topological polar surface area (TPSA) is 91.3 Å². The van der Waals surface area contributed by atoms with Crippen LogP contribution in [0.5, 0.6) is 0 Å². The van der Waals surface area contributed by atoms with Crippen molar-refractivity contribution in [3.63, 3.8) is 0 Å². The third kappa shape index (κ3) is 4.78. The number of rotatable bonds is 6. The number of unbranched alkanes of at least 4 members (excludes halogenated alkanes) is 1. The van der Waals surface area contributed by atoms with E-state index in [1.54, 1.807) is 35.5 Å². The Morgan fingerprint density at radius 1 is 1.07 bits per heavy atom. The third-order valence-corrected chi connectivity index (χ3v) is 4.46. The summed E-state index contributed by atoms with van der Waals surface area (Å²) in [5, 5.41) is 2.86. The van der Waals surface area contributed by atoms with Gasteiger partial charge >= 0.3 is 0 Å². The van der Waals surface area contributed by atoms with E-state index in [0.29, 0.717) is 49.9 Å². The van der Waals surface area contributed by atoms with Gasteiger partial charge in [-0.3, -0.25) is 14.6 Å². The number of amides is 2. The van der Waals surface area contributed by atoms with E-state index < -0.39 is 0 Å². The summed E-state index contributed by atoms with van der Waals surface area (Å²) in [6.45, 7) is 5.14. The fourth-order valence-corrected chi connectivity index (χ4v) is 2.90. The van der Waals surface area contributed by atoms with Crippen LogP contribution in [0, 0.1) is 0 Å². The van der Waals surface area contributed by atoms with Crippen molar-refractivity contribution in [2.45, 2.75) is 19.8 Å². The van der Waals surface area contributed by atoms with Crippen LogP contribution in [-0.2, 0) is 0 Å². The van der Waals surface area contributed by atoms with E-state index in [-0.39, 0.29) is 11.8 Å². The molecule has 0 spiro atoms. The van der Waals surface area contributed by atoms with Gasteiger partial charge in [-0.05, 0) is 24.6 Å². The summed E-state index contributed by atoms with van der Waals surface area (Å²) in [6.07, 6.45) is 6.87. The van der Waals surface area contributed by atoms with Crippen LogP contribution < -0.4 is 10.2 Å². The molecule has 0 aromatic carbocycles. The molecule has 1 aliphatic rings. The van der Waals surface area contributed by atoms with Crippen molar-refractivity contribution in [3.8, 4) is 0 Å². The minimum atomic E-state index is -0.175. The first kappa shape index (κ1) is 18.8. The van der Waals surface area contributed by atoms with Crippen molar-refractivity contribution >= 4 is 17.8 Å². The van der Waals surface area contributed by atoms with Crippen LogP contribution in [0.2, 0.25) is 0 Å². The second kappa shape index (κ2) is 9.07. The van der Waals surface area contributed by atoms with Gasteiger partial charge in [-0.15, -0.1) is 0 Å². The largest absolute Gasteiger partial charge is 0.352 e. The predicted molar refractivity (Wildman–Crippen MR) is 102 cm³/mol. The highest BCUT2D eigenvalue weighted by Gasteiger charge is 2.24. The molecule has 0 aliphatic carbocycles. The highest BCUT2D eigenvalue weighted by molar-refractivity contribution is 5.98. The molecule has 8 nitrogen and oxygen atoms in total. The van der Waals surface area contributed by atoms with Gasteiger partial charge < -0.3 is 15.1 Å². The number of carbonyl (C=O) groups excluding carboxylic acids is 2. The van der Waals surface area contributed by atoms with Crippen molar-refractivity contribution < 1.29 is 9.59 Å². The van der Waals surface area contributed by atoms with E-state index in [9.17, 15) is 9.59 Å². The van der Waals surface area contributed by atoms with E-state index in [0.717, 1.165) is 12.8 Å². The molecule has 2 aromatic heterocycles. The van der Waals surface area contributed by atoms with Crippen LogP contribution in [0.25, 0.3) is 0 Å². The Bertz CT molecular complexity index is 775. The van der Waals surface area contributed by atoms with E-state index >= 15 is 0 Å². The standard InChI is InChI=1S/C19H24N6O2/c1-2-3-6-21-17(26)15-5-9-20-16(14-15)18(27)24-10-12-25(13-11-24)19-22-7-4-8-23-19/h4-5,7-9,14H,2-3,6,10-13H2,1H3,(H,21,26). The molecular weight excluding hydrogens is 344 g/mol. The average molecular weight is 368 g/mol. The highest BCUT2D eigenvalue weighted by Crippen LogP contribution is 2.12. The second-order valence-corrected chi connectivity index (χ2v) is 6.37. The van der Waals surface area contributed by atoms with Gasteiger partial charge in [0.1, 0.15) is 5.69 Å². The fraction of sp³-hybridized carbons (Fsp3) is 0.421. The van der Waals surface area contributed by atoms with Crippen molar-refractivity contribution in [1.29, 1.82) is 0 Å². The lowest BCUT2D eigenvalue weighted by molar-refractivity contribution is 0.0740. The van der Waals surface area contributed by atoms with E-state index in [1.165, 1.54) is 6.20 Å². The van der Waals surface area contributed by atoms with Crippen molar-refractivity contribution in [3.05, 3.63) is 48.0 Å². The van der Waals surface area contributed by atoms with Crippen LogP contribution in [0.15, 0.2) is 36.8 Å². The van der Waals surface area contributed by atoms with Gasteiger partial charge in [-0.25, -0.2) is 9.97 Å². The third-order valence-electron chi connectivity index (χ3n) is 4.46. The predicted octanol–water partition coefficient (Wildman–Crippen LogP) is 1.36. The molecule has 1 saturated heterocycles. The zero-order chi connectivity index (χ0) is 19.1. The van der Waals surface area contributed by atoms with E-state index in [1.807, 2.05) is 0 Å². The molecule has 0 bridgehead atoms. The monoisotopic (exact) mass is 368 g/mol. The maximum absolute atomic E-state index is 12.8. The summed E-state index contributed by atoms with van der Waals surface area (Å²) in [5.41, 5.74) is 0.753. The summed E-state index contributed by atoms with van der Waals surface area (Å²) in [6, 6.07) is 4.97. The average Bonchev–Trinajstić information content (AvgIpc) is 2.74. The number of piperazine rings is 1.